The number of aromatic amines is 2. The SMILES string of the molecule is CC(C)Oc1ccc2[nH]cc(C3CCN(CCc4cn[nH]c4)CC3)c2c1. The van der Waals surface area contributed by atoms with Gasteiger partial charge in [0.2, 0.25) is 0 Å². The molecule has 0 aliphatic carbocycles. The summed E-state index contributed by atoms with van der Waals surface area (Å²) in [5.41, 5.74) is 3.95. The molecule has 0 bridgehead atoms. The predicted octanol–water partition coefficient (Wildman–Crippen LogP) is 4.10. The fraction of sp³-hybridized carbons (Fsp3) is 0.476. The number of fused-ring (bicyclic) bond motifs is 1. The van der Waals surface area contributed by atoms with Crippen LogP contribution in [0.4, 0.5) is 0 Å². The Hall–Kier alpha value is -2.27. The second kappa shape index (κ2) is 7.54. The Morgan fingerprint density at radius 2 is 2.08 bits per heavy atom. The molecule has 26 heavy (non-hydrogen) atoms. The van der Waals surface area contributed by atoms with E-state index in [1.165, 1.54) is 34.9 Å². The minimum Gasteiger partial charge on any atom is -0.491 e. The molecule has 138 valence electrons. The fourth-order valence-electron chi connectivity index (χ4n) is 3.97. The van der Waals surface area contributed by atoms with Crippen molar-refractivity contribution in [2.75, 3.05) is 19.6 Å². The van der Waals surface area contributed by atoms with Gasteiger partial charge in [-0.15, -0.1) is 0 Å². The van der Waals surface area contributed by atoms with E-state index in [1.807, 2.05) is 12.4 Å². The van der Waals surface area contributed by atoms with Crippen molar-refractivity contribution >= 4 is 10.9 Å². The number of likely N-dealkylation sites (tertiary alicyclic amines) is 1. The summed E-state index contributed by atoms with van der Waals surface area (Å²) in [6.07, 6.45) is 9.83. The normalized spacial score (nSPS) is 16.6. The van der Waals surface area contributed by atoms with Crippen LogP contribution in [0, 0.1) is 0 Å². The molecule has 4 rings (SSSR count). The van der Waals surface area contributed by atoms with Crippen molar-refractivity contribution in [3.63, 3.8) is 0 Å². The number of rotatable bonds is 6. The van der Waals surface area contributed by atoms with Crippen molar-refractivity contribution in [3.8, 4) is 5.75 Å². The van der Waals surface area contributed by atoms with Crippen LogP contribution in [0.5, 0.6) is 5.75 Å². The van der Waals surface area contributed by atoms with Crippen molar-refractivity contribution in [3.05, 3.63) is 47.9 Å². The third-order valence-corrected chi connectivity index (χ3v) is 5.36. The number of nitrogens with one attached hydrogen (secondary N) is 2. The van der Waals surface area contributed by atoms with E-state index in [0.29, 0.717) is 5.92 Å². The third kappa shape index (κ3) is 3.78. The molecule has 0 saturated carbocycles. The largest absolute Gasteiger partial charge is 0.491 e. The van der Waals surface area contributed by atoms with Gasteiger partial charge in [-0.2, -0.15) is 5.10 Å². The van der Waals surface area contributed by atoms with Crippen LogP contribution in [0.3, 0.4) is 0 Å². The van der Waals surface area contributed by atoms with Gasteiger partial charge in [0.25, 0.3) is 0 Å². The van der Waals surface area contributed by atoms with Crippen LogP contribution in [0.25, 0.3) is 10.9 Å². The quantitative estimate of drug-likeness (QED) is 0.702. The Balaban J connectivity index is 1.40. The molecular weight excluding hydrogens is 324 g/mol. The first-order chi connectivity index (χ1) is 12.7. The number of benzene rings is 1. The lowest BCUT2D eigenvalue weighted by Crippen LogP contribution is -2.34. The van der Waals surface area contributed by atoms with Gasteiger partial charge in [0, 0.05) is 29.8 Å². The van der Waals surface area contributed by atoms with Crippen LogP contribution in [-0.4, -0.2) is 45.8 Å². The van der Waals surface area contributed by atoms with E-state index in [-0.39, 0.29) is 6.10 Å². The molecule has 3 heterocycles. The van der Waals surface area contributed by atoms with E-state index in [1.54, 1.807) is 0 Å². The number of H-pyrrole nitrogens is 2. The van der Waals surface area contributed by atoms with Crippen molar-refractivity contribution < 1.29 is 4.74 Å². The highest BCUT2D eigenvalue weighted by Gasteiger charge is 2.23. The molecule has 0 atom stereocenters. The van der Waals surface area contributed by atoms with E-state index >= 15 is 0 Å². The maximum Gasteiger partial charge on any atom is 0.120 e. The minimum atomic E-state index is 0.202. The Morgan fingerprint density at radius 1 is 1.23 bits per heavy atom. The highest BCUT2D eigenvalue weighted by Crippen LogP contribution is 2.34. The fourth-order valence-corrected chi connectivity index (χ4v) is 3.97. The molecule has 5 nitrogen and oxygen atoms in total. The molecule has 1 aromatic carbocycles. The topological polar surface area (TPSA) is 56.9 Å². The summed E-state index contributed by atoms with van der Waals surface area (Å²) in [6.45, 7) is 7.59. The summed E-state index contributed by atoms with van der Waals surface area (Å²) < 4.78 is 5.89. The first-order valence-corrected chi connectivity index (χ1v) is 9.67. The van der Waals surface area contributed by atoms with E-state index < -0.39 is 0 Å². The van der Waals surface area contributed by atoms with Gasteiger partial charge in [-0.05, 0) is 81.4 Å². The van der Waals surface area contributed by atoms with Crippen molar-refractivity contribution in [1.82, 2.24) is 20.1 Å². The summed E-state index contributed by atoms with van der Waals surface area (Å²) in [5.74, 6) is 1.59. The number of ether oxygens (including phenoxy) is 1. The zero-order chi connectivity index (χ0) is 17.9. The van der Waals surface area contributed by atoms with Crippen LogP contribution in [0.2, 0.25) is 0 Å². The van der Waals surface area contributed by atoms with E-state index in [4.69, 9.17) is 4.74 Å². The van der Waals surface area contributed by atoms with Gasteiger partial charge in [-0.3, -0.25) is 5.10 Å². The van der Waals surface area contributed by atoms with E-state index in [0.717, 1.165) is 31.8 Å². The highest BCUT2D eigenvalue weighted by atomic mass is 16.5. The summed E-state index contributed by atoms with van der Waals surface area (Å²) in [4.78, 5) is 6.02. The van der Waals surface area contributed by atoms with E-state index in [2.05, 4.69) is 58.3 Å². The number of hydrogen-bond donors (Lipinski definition) is 2. The molecule has 0 amide bonds. The van der Waals surface area contributed by atoms with E-state index in [9.17, 15) is 0 Å². The summed E-state index contributed by atoms with van der Waals surface area (Å²) in [7, 11) is 0. The standard InChI is InChI=1S/C21H28N4O/c1-15(2)26-18-3-4-21-19(11-18)20(14-22-21)17-6-9-25(10-7-17)8-5-16-12-23-24-13-16/h3-4,11-15,17,22H,5-10H2,1-2H3,(H,23,24). The molecule has 2 N–H and O–H groups in total. The first kappa shape index (κ1) is 17.2. The van der Waals surface area contributed by atoms with Crippen molar-refractivity contribution in [2.24, 2.45) is 0 Å². The summed E-state index contributed by atoms with van der Waals surface area (Å²) in [6, 6.07) is 6.39. The summed E-state index contributed by atoms with van der Waals surface area (Å²) >= 11 is 0. The molecule has 1 aliphatic rings. The Kier molecular flexibility index (Phi) is 4.98. The molecule has 1 saturated heterocycles. The van der Waals surface area contributed by atoms with Gasteiger partial charge < -0.3 is 14.6 Å². The van der Waals surface area contributed by atoms with Gasteiger partial charge in [0.1, 0.15) is 5.75 Å². The average molecular weight is 352 g/mol. The third-order valence-electron chi connectivity index (χ3n) is 5.36. The number of piperidine rings is 1. The second-order valence-corrected chi connectivity index (χ2v) is 7.59. The zero-order valence-corrected chi connectivity index (χ0v) is 15.7. The van der Waals surface area contributed by atoms with Crippen LogP contribution >= 0.6 is 0 Å². The lowest BCUT2D eigenvalue weighted by atomic mass is 9.89. The molecule has 3 aromatic rings. The maximum atomic E-state index is 5.89. The number of nitrogens with zero attached hydrogens (tertiary/aromatic N) is 2. The Labute approximate surface area is 154 Å². The van der Waals surface area contributed by atoms with Gasteiger partial charge in [-0.1, -0.05) is 0 Å². The molecule has 1 fully saturated rings. The smallest absolute Gasteiger partial charge is 0.120 e. The number of aromatic nitrogens is 3. The molecule has 0 spiro atoms. The Morgan fingerprint density at radius 3 is 2.81 bits per heavy atom. The van der Waals surface area contributed by atoms with Crippen LogP contribution in [-0.2, 0) is 6.42 Å². The molecule has 0 unspecified atom stereocenters. The van der Waals surface area contributed by atoms with Crippen LogP contribution in [0.1, 0.15) is 43.7 Å². The minimum absolute atomic E-state index is 0.202. The van der Waals surface area contributed by atoms with Crippen molar-refractivity contribution in [2.45, 2.75) is 45.1 Å². The Bertz CT molecular complexity index is 829. The first-order valence-electron chi connectivity index (χ1n) is 9.67. The lowest BCUT2D eigenvalue weighted by molar-refractivity contribution is 0.215. The molecule has 0 radical (unpaired) electrons. The summed E-state index contributed by atoms with van der Waals surface area (Å²) in [5, 5.41) is 8.24. The monoisotopic (exact) mass is 352 g/mol. The highest BCUT2D eigenvalue weighted by molar-refractivity contribution is 5.85. The predicted molar refractivity (Wildman–Crippen MR) is 105 cm³/mol. The molecular formula is C21H28N4O. The van der Waals surface area contributed by atoms with Crippen LogP contribution < -0.4 is 4.74 Å². The molecule has 2 aromatic heterocycles. The number of hydrogen-bond acceptors (Lipinski definition) is 3. The molecule has 1 aliphatic heterocycles. The average Bonchev–Trinajstić information content (AvgIpc) is 3.29. The van der Waals surface area contributed by atoms with Gasteiger partial charge in [0.05, 0.1) is 12.3 Å². The van der Waals surface area contributed by atoms with Gasteiger partial charge in [-0.25, -0.2) is 0 Å². The maximum absolute atomic E-state index is 5.89. The van der Waals surface area contributed by atoms with Crippen molar-refractivity contribution in [1.29, 1.82) is 0 Å². The van der Waals surface area contributed by atoms with Gasteiger partial charge >= 0.3 is 0 Å². The van der Waals surface area contributed by atoms with Crippen LogP contribution in [0.15, 0.2) is 36.8 Å². The molecule has 5 heteroatoms. The van der Waals surface area contributed by atoms with Gasteiger partial charge in [0.15, 0.2) is 0 Å². The lowest BCUT2D eigenvalue weighted by Gasteiger charge is -2.31. The second-order valence-electron chi connectivity index (χ2n) is 7.59. The zero-order valence-electron chi connectivity index (χ0n) is 15.7.